The normalized spacial score (nSPS) is 19.7. The summed E-state index contributed by atoms with van der Waals surface area (Å²) in [6.07, 6.45) is 3.71. The van der Waals surface area contributed by atoms with E-state index in [-0.39, 0.29) is 32.2 Å². The van der Waals surface area contributed by atoms with Crippen LogP contribution in [0.5, 0.6) is 0 Å². The van der Waals surface area contributed by atoms with Gasteiger partial charge in [0.1, 0.15) is 25.4 Å². The summed E-state index contributed by atoms with van der Waals surface area (Å²) in [6.45, 7) is 6.56. The van der Waals surface area contributed by atoms with Crippen molar-refractivity contribution in [2.45, 2.75) is 65.0 Å². The van der Waals surface area contributed by atoms with E-state index in [1.807, 2.05) is 35.2 Å². The van der Waals surface area contributed by atoms with Gasteiger partial charge in [0.15, 0.2) is 0 Å². The smallest absolute Gasteiger partial charge is 0.302 e. The lowest BCUT2D eigenvalue weighted by Gasteiger charge is -2.37. The van der Waals surface area contributed by atoms with Gasteiger partial charge in [-0.15, -0.1) is 5.11 Å². The number of nitrogens with two attached hydrogens (primary N) is 1. The van der Waals surface area contributed by atoms with Crippen molar-refractivity contribution in [3.8, 4) is 0 Å². The fourth-order valence-corrected chi connectivity index (χ4v) is 6.60. The molecule has 3 amide bonds. The molecule has 1 aromatic rings. The molecule has 0 radical (unpaired) electrons. The fourth-order valence-electron chi connectivity index (χ4n) is 5.49. The van der Waals surface area contributed by atoms with Crippen LogP contribution in [0.3, 0.4) is 0 Å². The number of sulfonamides is 1. The van der Waals surface area contributed by atoms with Gasteiger partial charge in [0.25, 0.3) is 5.91 Å². The number of rotatable bonds is 13. The number of amides is 3. The number of esters is 1. The number of primary amides is 1. The minimum atomic E-state index is -3.80. The number of hydrogen-bond donors (Lipinski definition) is 1. The maximum Gasteiger partial charge on any atom is 0.302 e. The molecule has 0 aliphatic carbocycles. The Morgan fingerprint density at radius 2 is 1.70 bits per heavy atom. The average Bonchev–Trinajstić information content (AvgIpc) is 3.48. The van der Waals surface area contributed by atoms with Gasteiger partial charge < -0.3 is 15.4 Å². The van der Waals surface area contributed by atoms with E-state index in [1.165, 1.54) is 16.1 Å². The molecule has 2 atom stereocenters. The Bertz CT molecular complexity index is 1360. The summed E-state index contributed by atoms with van der Waals surface area (Å²) in [7, 11) is -3.80. The molecule has 2 fully saturated rings. The largest absolute Gasteiger partial charge is 0.461 e. The molecule has 44 heavy (non-hydrogen) atoms. The highest BCUT2D eigenvalue weighted by Crippen LogP contribution is 2.26. The first-order chi connectivity index (χ1) is 20.8. The van der Waals surface area contributed by atoms with Gasteiger partial charge in [0, 0.05) is 38.7 Å². The molecule has 2 heterocycles. The Morgan fingerprint density at radius 3 is 2.30 bits per heavy atom. The maximum absolute atomic E-state index is 13.9. The number of azo groups is 1. The fraction of sp³-hybridized carbons (Fsp3) is 0.600. The third kappa shape index (κ3) is 10.0. The van der Waals surface area contributed by atoms with Crippen LogP contribution in [0.2, 0.25) is 0 Å². The first-order valence-corrected chi connectivity index (χ1v) is 16.7. The van der Waals surface area contributed by atoms with Crippen molar-refractivity contribution in [3.05, 3.63) is 47.0 Å². The van der Waals surface area contributed by atoms with E-state index in [1.54, 1.807) is 13.8 Å². The summed E-state index contributed by atoms with van der Waals surface area (Å²) in [5.41, 5.74) is 7.36. The average molecular weight is 633 g/mol. The highest BCUT2D eigenvalue weighted by molar-refractivity contribution is 7.88. The first-order valence-electron chi connectivity index (χ1n) is 14.8. The molecule has 0 saturated carbocycles. The molecule has 2 saturated heterocycles. The molecule has 2 aliphatic heterocycles. The van der Waals surface area contributed by atoms with E-state index in [9.17, 15) is 27.6 Å². The van der Waals surface area contributed by atoms with Crippen LogP contribution in [-0.4, -0.2) is 104 Å². The molecular formula is C30H44N6O7S. The molecule has 2 N–H and O–H groups in total. The van der Waals surface area contributed by atoms with E-state index in [2.05, 4.69) is 10.2 Å². The lowest BCUT2D eigenvalue weighted by molar-refractivity contribution is -0.140. The molecule has 242 valence electrons. The van der Waals surface area contributed by atoms with E-state index in [0.717, 1.165) is 11.8 Å². The molecule has 0 aromatic heterocycles. The summed E-state index contributed by atoms with van der Waals surface area (Å²) >= 11 is 0. The molecule has 13 nitrogen and oxygen atoms in total. The molecule has 0 unspecified atom stereocenters. The second-order valence-electron chi connectivity index (χ2n) is 11.6. The van der Waals surface area contributed by atoms with Crippen LogP contribution in [0.1, 0.15) is 52.0 Å². The lowest BCUT2D eigenvalue weighted by Crippen LogP contribution is -2.56. The van der Waals surface area contributed by atoms with Gasteiger partial charge in [0.05, 0.1) is 6.26 Å². The number of carbonyl (C=O) groups is 4. The Hall–Kier alpha value is -3.49. The van der Waals surface area contributed by atoms with Crippen molar-refractivity contribution in [1.82, 2.24) is 14.1 Å². The summed E-state index contributed by atoms with van der Waals surface area (Å²) in [5.74, 6) is -1.94. The van der Waals surface area contributed by atoms with E-state index < -0.39 is 45.8 Å². The van der Waals surface area contributed by atoms with Gasteiger partial charge in [-0.25, -0.2) is 8.42 Å². The van der Waals surface area contributed by atoms with Gasteiger partial charge in [-0.2, -0.15) is 9.42 Å². The molecule has 14 heteroatoms. The van der Waals surface area contributed by atoms with Crippen molar-refractivity contribution in [3.63, 3.8) is 0 Å². The summed E-state index contributed by atoms with van der Waals surface area (Å²) < 4.78 is 32.6. The molecule has 2 aliphatic rings. The second kappa shape index (κ2) is 16.0. The number of nitrogens with zero attached hydrogens (tertiary/aromatic N) is 5. The minimum Gasteiger partial charge on any atom is -0.461 e. The van der Waals surface area contributed by atoms with Crippen molar-refractivity contribution < 1.29 is 32.3 Å². The molecule has 3 rings (SSSR count). The third-order valence-corrected chi connectivity index (χ3v) is 9.47. The van der Waals surface area contributed by atoms with Crippen LogP contribution in [-0.2, 0) is 40.4 Å². The maximum atomic E-state index is 13.9. The highest BCUT2D eigenvalue weighted by Gasteiger charge is 2.41. The SMILES string of the molecule is CC(=O)OC/C(C)=C(/C)C(=O)N=NCN1CCC(CN([C@H](Cc2ccccc2)C(=O)N2CCC[C@H]2C(N)=O)S(C)(=O)=O)CC1. The number of carbonyl (C=O) groups excluding carboxylic acids is 4. The summed E-state index contributed by atoms with van der Waals surface area (Å²) in [5, 5.41) is 7.84. The topological polar surface area (TPSA) is 172 Å². The molecular weight excluding hydrogens is 588 g/mol. The van der Waals surface area contributed by atoms with Crippen LogP contribution < -0.4 is 5.73 Å². The minimum absolute atomic E-state index is 0.00904. The number of likely N-dealkylation sites (tertiary alicyclic amines) is 2. The lowest BCUT2D eigenvalue weighted by atomic mass is 9.96. The Labute approximate surface area is 259 Å². The van der Waals surface area contributed by atoms with Gasteiger partial charge in [-0.1, -0.05) is 30.3 Å². The monoisotopic (exact) mass is 632 g/mol. The van der Waals surface area contributed by atoms with Gasteiger partial charge in [-0.3, -0.25) is 24.1 Å². The van der Waals surface area contributed by atoms with Gasteiger partial charge >= 0.3 is 5.97 Å². The second-order valence-corrected chi connectivity index (χ2v) is 13.5. The third-order valence-electron chi connectivity index (χ3n) is 8.22. The summed E-state index contributed by atoms with van der Waals surface area (Å²) in [4.78, 5) is 52.8. The Morgan fingerprint density at radius 1 is 1.05 bits per heavy atom. The summed E-state index contributed by atoms with van der Waals surface area (Å²) in [6, 6.07) is 7.48. The number of benzene rings is 1. The Balaban J connectivity index is 1.67. The molecule has 0 bridgehead atoms. The van der Waals surface area contributed by atoms with Crippen LogP contribution in [0.15, 0.2) is 51.7 Å². The van der Waals surface area contributed by atoms with Crippen molar-refractivity contribution in [2.24, 2.45) is 21.9 Å². The van der Waals surface area contributed by atoms with Crippen molar-refractivity contribution in [1.29, 1.82) is 0 Å². The number of hydrogen-bond acceptors (Lipinski definition) is 9. The van der Waals surface area contributed by atoms with Crippen LogP contribution in [0.4, 0.5) is 0 Å². The van der Waals surface area contributed by atoms with Crippen molar-refractivity contribution in [2.75, 3.05) is 45.7 Å². The van der Waals surface area contributed by atoms with E-state index in [0.29, 0.717) is 56.5 Å². The molecule has 0 spiro atoms. The number of ether oxygens (including phenoxy) is 1. The predicted molar refractivity (Wildman–Crippen MR) is 163 cm³/mol. The van der Waals surface area contributed by atoms with Gasteiger partial charge in [-0.05, 0) is 63.0 Å². The first kappa shape index (κ1) is 35.0. The zero-order valence-electron chi connectivity index (χ0n) is 26.0. The Kier molecular flexibility index (Phi) is 12.7. The van der Waals surface area contributed by atoms with E-state index >= 15 is 0 Å². The molecule has 1 aromatic carbocycles. The zero-order valence-corrected chi connectivity index (χ0v) is 26.8. The van der Waals surface area contributed by atoms with Crippen LogP contribution >= 0.6 is 0 Å². The highest BCUT2D eigenvalue weighted by atomic mass is 32.2. The van der Waals surface area contributed by atoms with Crippen LogP contribution in [0.25, 0.3) is 0 Å². The predicted octanol–water partition coefficient (Wildman–Crippen LogP) is 1.88. The quantitative estimate of drug-likeness (QED) is 0.195. The zero-order chi connectivity index (χ0) is 32.4. The van der Waals surface area contributed by atoms with Crippen molar-refractivity contribution >= 4 is 33.7 Å². The van der Waals surface area contributed by atoms with Crippen LogP contribution in [0, 0.1) is 5.92 Å². The van der Waals surface area contributed by atoms with Gasteiger partial charge in [0.2, 0.25) is 21.8 Å². The van der Waals surface area contributed by atoms with E-state index in [4.69, 9.17) is 10.5 Å². The number of piperidine rings is 1. The standard InChI is InChI=1S/C30H44N6O7S/c1-21(19-43-23(3)37)22(2)29(39)33-32-20-34-15-12-25(13-16-34)18-36(44(4,41)42)27(17-24-9-6-5-7-10-24)30(40)35-14-8-11-26(35)28(31)38/h5-7,9-10,25-27H,8,11-20H2,1-4H3,(H2,31,38)/b22-21-,33-32?/t26-,27+/m0/s1.